The van der Waals surface area contributed by atoms with Crippen LogP contribution in [0.25, 0.3) is 0 Å². The van der Waals surface area contributed by atoms with Gasteiger partial charge in [-0.25, -0.2) is 19.6 Å². The maximum absolute atomic E-state index is 12.1. The highest BCUT2D eigenvalue weighted by atomic mass is 16.6. The van der Waals surface area contributed by atoms with Crippen LogP contribution in [0.2, 0.25) is 0 Å². The summed E-state index contributed by atoms with van der Waals surface area (Å²) >= 11 is 0. The van der Waals surface area contributed by atoms with Crippen LogP contribution in [-0.4, -0.2) is 41.7 Å². The second kappa shape index (κ2) is 8.48. The van der Waals surface area contributed by atoms with Gasteiger partial charge in [0.05, 0.1) is 12.4 Å². The van der Waals surface area contributed by atoms with E-state index >= 15 is 0 Å². The van der Waals surface area contributed by atoms with E-state index in [4.69, 9.17) is 9.47 Å². The zero-order chi connectivity index (χ0) is 20.0. The molecular formula is C19H24N4O4. The topological polar surface area (TPSA) is 93.7 Å². The van der Waals surface area contributed by atoms with Gasteiger partial charge in [0.25, 0.3) is 0 Å². The maximum atomic E-state index is 12.1. The van der Waals surface area contributed by atoms with E-state index in [1.54, 1.807) is 20.8 Å². The number of rotatable bonds is 5. The molecule has 1 amide bonds. The lowest BCUT2D eigenvalue weighted by molar-refractivity contribution is 0.0465. The van der Waals surface area contributed by atoms with E-state index in [0.717, 1.165) is 11.3 Å². The Bertz CT molecular complexity index is 798. The molecule has 0 fully saturated rings. The maximum Gasteiger partial charge on any atom is 0.413 e. The van der Waals surface area contributed by atoms with Crippen LogP contribution < -0.4 is 10.2 Å². The van der Waals surface area contributed by atoms with Gasteiger partial charge < -0.3 is 14.4 Å². The van der Waals surface area contributed by atoms with Crippen molar-refractivity contribution in [3.8, 4) is 0 Å². The Kier molecular flexibility index (Phi) is 6.33. The smallest absolute Gasteiger partial charge is 0.413 e. The Morgan fingerprint density at radius 1 is 1.15 bits per heavy atom. The fraction of sp³-hybridized carbons (Fsp3) is 0.368. The summed E-state index contributed by atoms with van der Waals surface area (Å²) in [5.41, 5.74) is 1.31. The lowest BCUT2D eigenvalue weighted by atomic mass is 10.2. The number of benzene rings is 1. The molecule has 1 aromatic heterocycles. The van der Waals surface area contributed by atoms with E-state index in [-0.39, 0.29) is 18.1 Å². The third kappa shape index (κ3) is 6.58. The minimum atomic E-state index is -0.645. The standard InChI is InChI=1S/C19H24N4O4/c1-19(2,3)27-18(25)22-16-11-20-15(10-21-16)17(24)26-12-13-7-6-8-14(9-13)23(4)5/h6-11H,12H2,1-5H3,(H,21,22,25). The monoisotopic (exact) mass is 372 g/mol. The average molecular weight is 372 g/mol. The molecule has 0 spiro atoms. The zero-order valence-electron chi connectivity index (χ0n) is 16.1. The van der Waals surface area contributed by atoms with Crippen molar-refractivity contribution in [3.63, 3.8) is 0 Å². The second-order valence-corrected chi connectivity index (χ2v) is 7.05. The molecule has 0 radical (unpaired) electrons. The first-order chi connectivity index (χ1) is 12.6. The Labute approximate surface area is 158 Å². The first kappa shape index (κ1) is 20.2. The lowest BCUT2D eigenvalue weighted by Crippen LogP contribution is -2.27. The summed E-state index contributed by atoms with van der Waals surface area (Å²) in [6, 6.07) is 7.68. The quantitative estimate of drug-likeness (QED) is 0.805. The van der Waals surface area contributed by atoms with E-state index in [1.807, 2.05) is 43.3 Å². The van der Waals surface area contributed by atoms with Crippen LogP contribution in [0.3, 0.4) is 0 Å². The molecule has 0 atom stereocenters. The molecule has 0 saturated heterocycles. The number of carbonyl (C=O) groups excluding carboxylic acids is 2. The van der Waals surface area contributed by atoms with Gasteiger partial charge in [0.15, 0.2) is 11.5 Å². The van der Waals surface area contributed by atoms with Crippen molar-refractivity contribution in [3.05, 3.63) is 47.9 Å². The van der Waals surface area contributed by atoms with Gasteiger partial charge in [-0.1, -0.05) is 12.1 Å². The number of ether oxygens (including phenoxy) is 2. The van der Waals surface area contributed by atoms with Gasteiger partial charge >= 0.3 is 12.1 Å². The molecule has 1 N–H and O–H groups in total. The number of carbonyl (C=O) groups is 2. The molecule has 144 valence electrons. The van der Waals surface area contributed by atoms with Crippen LogP contribution in [0.1, 0.15) is 36.8 Å². The van der Waals surface area contributed by atoms with E-state index in [9.17, 15) is 9.59 Å². The Morgan fingerprint density at radius 3 is 2.48 bits per heavy atom. The van der Waals surface area contributed by atoms with Crippen molar-refractivity contribution in [1.29, 1.82) is 0 Å². The molecular weight excluding hydrogens is 348 g/mol. The third-order valence-corrected chi connectivity index (χ3v) is 3.29. The summed E-state index contributed by atoms with van der Waals surface area (Å²) in [7, 11) is 3.88. The summed E-state index contributed by atoms with van der Waals surface area (Å²) in [6.45, 7) is 5.39. The summed E-state index contributed by atoms with van der Waals surface area (Å²) in [5.74, 6) is -0.416. The molecule has 0 saturated carbocycles. The fourth-order valence-electron chi connectivity index (χ4n) is 2.05. The second-order valence-electron chi connectivity index (χ2n) is 7.05. The first-order valence-corrected chi connectivity index (χ1v) is 8.39. The zero-order valence-corrected chi connectivity index (χ0v) is 16.1. The van der Waals surface area contributed by atoms with Crippen LogP contribution in [0.5, 0.6) is 0 Å². The van der Waals surface area contributed by atoms with Crippen molar-refractivity contribution in [2.45, 2.75) is 33.0 Å². The van der Waals surface area contributed by atoms with Crippen molar-refractivity contribution in [2.24, 2.45) is 0 Å². The van der Waals surface area contributed by atoms with Crippen LogP contribution in [0.4, 0.5) is 16.3 Å². The van der Waals surface area contributed by atoms with E-state index in [1.165, 1.54) is 12.4 Å². The number of hydrogen-bond acceptors (Lipinski definition) is 7. The summed E-state index contributed by atoms with van der Waals surface area (Å²) < 4.78 is 10.4. The van der Waals surface area contributed by atoms with E-state index < -0.39 is 17.7 Å². The Hall–Kier alpha value is -3.16. The molecule has 0 aliphatic carbocycles. The van der Waals surface area contributed by atoms with Gasteiger partial charge in [-0.3, -0.25) is 5.32 Å². The largest absolute Gasteiger partial charge is 0.456 e. The fourth-order valence-corrected chi connectivity index (χ4v) is 2.05. The van der Waals surface area contributed by atoms with E-state index in [0.29, 0.717) is 0 Å². The van der Waals surface area contributed by atoms with Crippen molar-refractivity contribution in [1.82, 2.24) is 9.97 Å². The lowest BCUT2D eigenvalue weighted by Gasteiger charge is -2.19. The number of aromatic nitrogens is 2. The van der Waals surface area contributed by atoms with Gasteiger partial charge in [-0.15, -0.1) is 0 Å². The van der Waals surface area contributed by atoms with Crippen molar-refractivity contribution < 1.29 is 19.1 Å². The van der Waals surface area contributed by atoms with Gasteiger partial charge in [0, 0.05) is 19.8 Å². The molecule has 0 unspecified atom stereocenters. The van der Waals surface area contributed by atoms with E-state index in [2.05, 4.69) is 15.3 Å². The number of hydrogen-bond donors (Lipinski definition) is 1. The predicted molar refractivity (Wildman–Crippen MR) is 102 cm³/mol. The highest BCUT2D eigenvalue weighted by Gasteiger charge is 2.17. The number of nitrogens with zero attached hydrogens (tertiary/aromatic N) is 3. The van der Waals surface area contributed by atoms with Crippen LogP contribution in [-0.2, 0) is 16.1 Å². The Balaban J connectivity index is 1.92. The number of esters is 1. The molecule has 1 heterocycles. The molecule has 0 bridgehead atoms. The summed E-state index contributed by atoms with van der Waals surface area (Å²) in [5, 5.41) is 2.45. The predicted octanol–water partition coefficient (Wildman–Crippen LogP) is 3.25. The molecule has 8 nitrogen and oxygen atoms in total. The highest BCUT2D eigenvalue weighted by molar-refractivity contribution is 5.87. The number of amides is 1. The minimum Gasteiger partial charge on any atom is -0.456 e. The SMILES string of the molecule is CN(C)c1cccc(COC(=O)c2cnc(NC(=O)OC(C)(C)C)cn2)c1. The minimum absolute atomic E-state index is 0.0495. The Morgan fingerprint density at radius 2 is 1.89 bits per heavy atom. The van der Waals surface area contributed by atoms with Crippen LogP contribution in [0, 0.1) is 0 Å². The normalized spacial score (nSPS) is 10.9. The highest BCUT2D eigenvalue weighted by Crippen LogP contribution is 2.15. The van der Waals surface area contributed by atoms with Crippen molar-refractivity contribution in [2.75, 3.05) is 24.3 Å². The molecule has 2 aromatic rings. The molecule has 2 rings (SSSR count). The van der Waals surface area contributed by atoms with Gasteiger partial charge in [-0.05, 0) is 38.5 Å². The van der Waals surface area contributed by atoms with Gasteiger partial charge in [0.1, 0.15) is 12.2 Å². The molecule has 8 heteroatoms. The molecule has 0 aliphatic heterocycles. The molecule has 1 aromatic carbocycles. The van der Waals surface area contributed by atoms with Crippen LogP contribution >= 0.6 is 0 Å². The van der Waals surface area contributed by atoms with Gasteiger partial charge in [-0.2, -0.15) is 0 Å². The summed E-state index contributed by atoms with van der Waals surface area (Å²) in [4.78, 5) is 33.7. The number of anilines is 2. The average Bonchev–Trinajstić information content (AvgIpc) is 2.59. The van der Waals surface area contributed by atoms with Crippen molar-refractivity contribution >= 4 is 23.6 Å². The van der Waals surface area contributed by atoms with Gasteiger partial charge in [0.2, 0.25) is 0 Å². The molecule has 27 heavy (non-hydrogen) atoms. The molecule has 0 aliphatic rings. The summed E-state index contributed by atoms with van der Waals surface area (Å²) in [6.07, 6.45) is 1.87. The third-order valence-electron chi connectivity index (χ3n) is 3.29. The first-order valence-electron chi connectivity index (χ1n) is 8.39. The van der Waals surface area contributed by atoms with Crippen LogP contribution in [0.15, 0.2) is 36.7 Å². The number of nitrogens with one attached hydrogen (secondary N) is 1.